The maximum atomic E-state index is 13.5. The predicted octanol–water partition coefficient (Wildman–Crippen LogP) is 6.54. The first kappa shape index (κ1) is 16.6. The summed E-state index contributed by atoms with van der Waals surface area (Å²) in [6.07, 6.45) is 9.64. The quantitative estimate of drug-likeness (QED) is 0.355. The first-order chi connectivity index (χ1) is 9.15. The summed E-state index contributed by atoms with van der Waals surface area (Å²) in [4.78, 5) is -0.0104. The van der Waals surface area contributed by atoms with Gasteiger partial charge in [0.2, 0.25) is 0 Å². The molecule has 1 aromatic carbocycles. The van der Waals surface area contributed by atoms with Crippen LogP contribution in [0.5, 0.6) is 0 Å². The van der Waals surface area contributed by atoms with Crippen molar-refractivity contribution in [1.82, 2.24) is 0 Å². The molecule has 0 aromatic heterocycles. The lowest BCUT2D eigenvalue weighted by molar-refractivity contribution is 0.552. The van der Waals surface area contributed by atoms with Gasteiger partial charge in [0.15, 0.2) is 0 Å². The second-order valence-electron chi connectivity index (χ2n) is 5.04. The monoisotopic (exact) mass is 332 g/mol. The van der Waals surface area contributed by atoms with Crippen LogP contribution in [0.1, 0.15) is 68.7 Å². The van der Waals surface area contributed by atoms with Gasteiger partial charge in [-0.25, -0.2) is 8.78 Å². The Hall–Kier alpha value is -0.440. The van der Waals surface area contributed by atoms with Crippen LogP contribution in [0.15, 0.2) is 18.2 Å². The Morgan fingerprint density at radius 2 is 1.63 bits per heavy atom. The van der Waals surface area contributed by atoms with Crippen molar-refractivity contribution in [2.75, 3.05) is 0 Å². The lowest BCUT2D eigenvalue weighted by atomic mass is 10.0. The van der Waals surface area contributed by atoms with Crippen LogP contribution in [0.2, 0.25) is 0 Å². The molecule has 0 N–H and O–H groups in total. The molecule has 19 heavy (non-hydrogen) atoms. The van der Waals surface area contributed by atoms with Gasteiger partial charge in [-0.1, -0.05) is 73.9 Å². The maximum Gasteiger partial charge on any atom is 0.130 e. The Bertz CT molecular complexity index is 366. The zero-order chi connectivity index (χ0) is 14.1. The van der Waals surface area contributed by atoms with Gasteiger partial charge in [0.1, 0.15) is 11.6 Å². The van der Waals surface area contributed by atoms with Crippen molar-refractivity contribution in [1.29, 1.82) is 0 Å². The summed E-state index contributed by atoms with van der Waals surface area (Å²) in [6, 6.07) is 3.80. The van der Waals surface area contributed by atoms with Gasteiger partial charge in [-0.05, 0) is 12.5 Å². The minimum atomic E-state index is -0.517. The summed E-state index contributed by atoms with van der Waals surface area (Å²) < 4.78 is 26.4. The van der Waals surface area contributed by atoms with Crippen molar-refractivity contribution >= 4 is 15.9 Å². The molecule has 0 radical (unpaired) electrons. The molecular formula is C16H23BrF2. The van der Waals surface area contributed by atoms with Crippen molar-refractivity contribution in [3.8, 4) is 0 Å². The number of alkyl halides is 1. The third kappa shape index (κ3) is 6.51. The van der Waals surface area contributed by atoms with Gasteiger partial charge in [0, 0.05) is 16.5 Å². The van der Waals surface area contributed by atoms with E-state index in [9.17, 15) is 8.78 Å². The Balaban J connectivity index is 2.22. The predicted molar refractivity (Wildman–Crippen MR) is 80.6 cm³/mol. The SMILES string of the molecule is CCCCCCCCCC(Br)c1ccc(F)cc1F. The average molecular weight is 333 g/mol. The van der Waals surface area contributed by atoms with Gasteiger partial charge in [-0.15, -0.1) is 0 Å². The van der Waals surface area contributed by atoms with Crippen molar-refractivity contribution in [2.45, 2.75) is 63.1 Å². The minimum absolute atomic E-state index is 0.0104. The van der Waals surface area contributed by atoms with Crippen LogP contribution in [-0.4, -0.2) is 0 Å². The van der Waals surface area contributed by atoms with E-state index in [1.54, 1.807) is 0 Å². The number of hydrogen-bond acceptors (Lipinski definition) is 0. The fourth-order valence-electron chi connectivity index (χ4n) is 2.19. The molecule has 0 amide bonds. The highest BCUT2D eigenvalue weighted by atomic mass is 79.9. The molecule has 0 aliphatic carbocycles. The summed E-state index contributed by atoms with van der Waals surface area (Å²) in [5, 5.41) is 0. The number of halogens is 3. The zero-order valence-corrected chi connectivity index (χ0v) is 13.2. The molecule has 3 heteroatoms. The number of hydrogen-bond donors (Lipinski definition) is 0. The first-order valence-electron chi connectivity index (χ1n) is 7.24. The molecule has 0 saturated carbocycles. The van der Waals surface area contributed by atoms with Crippen LogP contribution in [0, 0.1) is 11.6 Å². The van der Waals surface area contributed by atoms with Crippen LogP contribution >= 0.6 is 15.9 Å². The van der Waals surface area contributed by atoms with Crippen molar-refractivity contribution in [2.24, 2.45) is 0 Å². The van der Waals surface area contributed by atoms with E-state index in [0.29, 0.717) is 5.56 Å². The van der Waals surface area contributed by atoms with E-state index in [2.05, 4.69) is 22.9 Å². The standard InChI is InChI=1S/C16H23BrF2/c1-2-3-4-5-6-7-8-9-15(17)14-11-10-13(18)12-16(14)19/h10-12,15H,2-9H2,1H3. The Kier molecular flexibility index (Phi) is 8.27. The summed E-state index contributed by atoms with van der Waals surface area (Å²) in [5.41, 5.74) is 0.562. The van der Waals surface area contributed by atoms with Gasteiger partial charge in [-0.3, -0.25) is 0 Å². The highest BCUT2D eigenvalue weighted by Crippen LogP contribution is 2.30. The molecule has 0 aliphatic heterocycles. The van der Waals surface area contributed by atoms with Crippen LogP contribution < -0.4 is 0 Å². The van der Waals surface area contributed by atoms with Gasteiger partial charge >= 0.3 is 0 Å². The molecule has 1 atom stereocenters. The van der Waals surface area contributed by atoms with Crippen LogP contribution in [-0.2, 0) is 0 Å². The Morgan fingerprint density at radius 1 is 1.00 bits per heavy atom. The fraction of sp³-hybridized carbons (Fsp3) is 0.625. The van der Waals surface area contributed by atoms with E-state index in [4.69, 9.17) is 0 Å². The molecule has 108 valence electrons. The fourth-order valence-corrected chi connectivity index (χ4v) is 2.89. The molecular weight excluding hydrogens is 310 g/mol. The third-order valence-corrected chi connectivity index (χ3v) is 4.31. The Morgan fingerprint density at radius 3 is 2.26 bits per heavy atom. The lowest BCUT2D eigenvalue weighted by Crippen LogP contribution is -1.95. The maximum absolute atomic E-state index is 13.5. The molecule has 0 aliphatic rings. The second kappa shape index (κ2) is 9.46. The molecule has 0 spiro atoms. The smallest absolute Gasteiger partial charge is 0.130 e. The van der Waals surface area contributed by atoms with E-state index < -0.39 is 11.6 Å². The van der Waals surface area contributed by atoms with Crippen LogP contribution in [0.4, 0.5) is 8.78 Å². The summed E-state index contributed by atoms with van der Waals surface area (Å²) in [6.45, 7) is 2.21. The van der Waals surface area contributed by atoms with E-state index >= 15 is 0 Å². The number of unbranched alkanes of at least 4 members (excludes halogenated alkanes) is 6. The van der Waals surface area contributed by atoms with Gasteiger partial charge in [-0.2, -0.15) is 0 Å². The molecule has 1 rings (SSSR count). The van der Waals surface area contributed by atoms with Crippen molar-refractivity contribution in [3.63, 3.8) is 0 Å². The molecule has 0 heterocycles. The molecule has 0 bridgehead atoms. The topological polar surface area (TPSA) is 0 Å². The van der Waals surface area contributed by atoms with E-state index in [0.717, 1.165) is 18.9 Å². The summed E-state index contributed by atoms with van der Waals surface area (Å²) >= 11 is 3.49. The zero-order valence-electron chi connectivity index (χ0n) is 11.6. The molecule has 1 aromatic rings. The molecule has 0 nitrogen and oxygen atoms in total. The highest BCUT2D eigenvalue weighted by Gasteiger charge is 2.12. The summed E-state index contributed by atoms with van der Waals surface area (Å²) in [5.74, 6) is -0.971. The van der Waals surface area contributed by atoms with Gasteiger partial charge in [0.25, 0.3) is 0 Å². The van der Waals surface area contributed by atoms with Gasteiger partial charge in [0.05, 0.1) is 0 Å². The van der Waals surface area contributed by atoms with Crippen LogP contribution in [0.3, 0.4) is 0 Å². The van der Waals surface area contributed by atoms with Gasteiger partial charge < -0.3 is 0 Å². The minimum Gasteiger partial charge on any atom is -0.207 e. The third-order valence-electron chi connectivity index (χ3n) is 3.36. The van der Waals surface area contributed by atoms with Crippen molar-refractivity contribution < 1.29 is 8.78 Å². The van der Waals surface area contributed by atoms with E-state index in [1.165, 1.54) is 50.7 Å². The lowest BCUT2D eigenvalue weighted by Gasteiger charge is -2.11. The highest BCUT2D eigenvalue weighted by molar-refractivity contribution is 9.09. The number of benzene rings is 1. The second-order valence-corrected chi connectivity index (χ2v) is 6.15. The molecule has 0 fully saturated rings. The average Bonchev–Trinajstić information content (AvgIpc) is 2.37. The number of rotatable bonds is 9. The molecule has 1 unspecified atom stereocenters. The first-order valence-corrected chi connectivity index (χ1v) is 8.15. The largest absolute Gasteiger partial charge is 0.207 e. The normalized spacial score (nSPS) is 12.6. The van der Waals surface area contributed by atoms with E-state index in [-0.39, 0.29) is 4.83 Å². The molecule has 0 saturated heterocycles. The van der Waals surface area contributed by atoms with Crippen LogP contribution in [0.25, 0.3) is 0 Å². The van der Waals surface area contributed by atoms with E-state index in [1.807, 2.05) is 0 Å². The van der Waals surface area contributed by atoms with Crippen molar-refractivity contribution in [3.05, 3.63) is 35.4 Å². The summed E-state index contributed by atoms with van der Waals surface area (Å²) in [7, 11) is 0. The Labute approximate surface area is 123 Å².